The van der Waals surface area contributed by atoms with Gasteiger partial charge in [0.2, 0.25) is 0 Å². The van der Waals surface area contributed by atoms with Gasteiger partial charge in [0, 0.05) is 42.4 Å². The van der Waals surface area contributed by atoms with Crippen molar-refractivity contribution in [3.8, 4) is 0 Å². The average molecular weight is 491 g/mol. The van der Waals surface area contributed by atoms with Crippen LogP contribution in [-0.4, -0.2) is 45.7 Å². The van der Waals surface area contributed by atoms with Gasteiger partial charge in [-0.25, -0.2) is 0 Å². The highest BCUT2D eigenvalue weighted by Gasteiger charge is 2.30. The minimum Gasteiger partial charge on any atom is -0.347 e. The third-order valence-electron chi connectivity index (χ3n) is 6.10. The van der Waals surface area contributed by atoms with Crippen molar-refractivity contribution in [3.05, 3.63) is 65.9 Å². The van der Waals surface area contributed by atoms with Gasteiger partial charge in [0.15, 0.2) is 5.11 Å². The molecule has 0 saturated heterocycles. The van der Waals surface area contributed by atoms with Crippen LogP contribution in [0.5, 0.6) is 0 Å². The highest BCUT2D eigenvalue weighted by Crippen LogP contribution is 2.31. The maximum Gasteiger partial charge on any atom is 0.416 e. The first-order valence-electron chi connectivity index (χ1n) is 11.8. The van der Waals surface area contributed by atoms with Gasteiger partial charge in [-0.05, 0) is 75.0 Å². The van der Waals surface area contributed by atoms with Crippen LogP contribution in [0.3, 0.4) is 0 Å². The molecule has 1 aromatic heterocycles. The van der Waals surface area contributed by atoms with Crippen LogP contribution >= 0.6 is 12.2 Å². The standard InChI is InChI=1S/C26H33F3N4S/c1-4-31(5-2)15-10-16-33(19-20-18-32(6-3)24-14-8-7-13-23(20)24)25(34)30-22-12-9-11-21(17-22)26(27,28)29/h7-9,11-14,17-18H,4-6,10,15-16,19H2,1-3H3,(H,30,34). The highest BCUT2D eigenvalue weighted by molar-refractivity contribution is 7.80. The smallest absolute Gasteiger partial charge is 0.347 e. The van der Waals surface area contributed by atoms with Gasteiger partial charge in [-0.2, -0.15) is 13.2 Å². The first-order valence-corrected chi connectivity index (χ1v) is 12.2. The molecule has 3 rings (SSSR count). The zero-order valence-corrected chi connectivity index (χ0v) is 20.8. The molecule has 0 atom stereocenters. The number of nitrogens with one attached hydrogen (secondary N) is 1. The first-order chi connectivity index (χ1) is 16.3. The fraction of sp³-hybridized carbons (Fsp3) is 0.423. The number of hydrogen-bond donors (Lipinski definition) is 1. The van der Waals surface area contributed by atoms with E-state index in [4.69, 9.17) is 12.2 Å². The van der Waals surface area contributed by atoms with Gasteiger partial charge in [-0.1, -0.05) is 38.1 Å². The van der Waals surface area contributed by atoms with E-state index in [2.05, 4.69) is 58.8 Å². The molecular weight excluding hydrogens is 457 g/mol. The molecule has 184 valence electrons. The van der Waals surface area contributed by atoms with Crippen LogP contribution < -0.4 is 5.32 Å². The second-order valence-corrected chi connectivity index (χ2v) is 8.65. The molecule has 0 aliphatic heterocycles. The predicted octanol–water partition coefficient (Wildman–Crippen LogP) is 6.61. The molecule has 0 radical (unpaired) electrons. The van der Waals surface area contributed by atoms with Crippen LogP contribution in [0, 0.1) is 0 Å². The Kier molecular flexibility index (Phi) is 8.97. The number of fused-ring (bicyclic) bond motifs is 1. The van der Waals surface area contributed by atoms with Crippen molar-refractivity contribution >= 4 is 33.9 Å². The van der Waals surface area contributed by atoms with Gasteiger partial charge in [-0.15, -0.1) is 0 Å². The van der Waals surface area contributed by atoms with E-state index in [1.165, 1.54) is 17.0 Å². The normalized spacial score (nSPS) is 11.9. The van der Waals surface area contributed by atoms with Gasteiger partial charge < -0.3 is 19.7 Å². The van der Waals surface area contributed by atoms with Crippen molar-refractivity contribution in [2.45, 2.75) is 46.5 Å². The van der Waals surface area contributed by atoms with E-state index in [1.54, 1.807) is 6.07 Å². The molecule has 0 aliphatic rings. The minimum atomic E-state index is -4.40. The number of aryl methyl sites for hydroxylation is 1. The SMILES string of the molecule is CCN(CC)CCCN(Cc1cn(CC)c2ccccc12)C(=S)Nc1cccc(C(F)(F)F)c1. The number of anilines is 1. The number of hydrogen-bond acceptors (Lipinski definition) is 2. The lowest BCUT2D eigenvalue weighted by Gasteiger charge is -2.27. The molecule has 0 fully saturated rings. The first kappa shape index (κ1) is 26.0. The van der Waals surface area contributed by atoms with Crippen molar-refractivity contribution in [1.82, 2.24) is 14.4 Å². The fourth-order valence-corrected chi connectivity index (χ4v) is 4.44. The molecule has 1 N–H and O–H groups in total. The summed E-state index contributed by atoms with van der Waals surface area (Å²) in [7, 11) is 0. The van der Waals surface area contributed by atoms with Crippen molar-refractivity contribution in [2.75, 3.05) is 31.5 Å². The number of rotatable bonds is 10. The van der Waals surface area contributed by atoms with Crippen LogP contribution in [0.2, 0.25) is 0 Å². The average Bonchev–Trinajstić information content (AvgIpc) is 3.18. The molecule has 1 heterocycles. The Balaban J connectivity index is 1.83. The summed E-state index contributed by atoms with van der Waals surface area (Å²) >= 11 is 5.70. The number of halogens is 3. The quantitative estimate of drug-likeness (QED) is 0.323. The molecule has 8 heteroatoms. The minimum absolute atomic E-state index is 0.338. The molecule has 0 spiro atoms. The van der Waals surface area contributed by atoms with Crippen molar-refractivity contribution in [3.63, 3.8) is 0 Å². The third kappa shape index (κ3) is 6.51. The van der Waals surface area contributed by atoms with Gasteiger partial charge >= 0.3 is 6.18 Å². The van der Waals surface area contributed by atoms with Crippen LogP contribution in [0.4, 0.5) is 18.9 Å². The molecule has 0 saturated carbocycles. The second-order valence-electron chi connectivity index (χ2n) is 8.27. The summed E-state index contributed by atoms with van der Waals surface area (Å²) < 4.78 is 41.7. The summed E-state index contributed by atoms with van der Waals surface area (Å²) in [5.41, 5.74) is 1.96. The Morgan fingerprint density at radius 3 is 2.41 bits per heavy atom. The van der Waals surface area contributed by atoms with Gasteiger partial charge in [0.25, 0.3) is 0 Å². The van der Waals surface area contributed by atoms with Crippen molar-refractivity contribution < 1.29 is 13.2 Å². The second kappa shape index (κ2) is 11.7. The number of nitrogens with zero attached hydrogens (tertiary/aromatic N) is 3. The van der Waals surface area contributed by atoms with Crippen LogP contribution in [-0.2, 0) is 19.3 Å². The Hall–Kier alpha value is -2.58. The fourth-order valence-electron chi connectivity index (χ4n) is 4.17. The monoisotopic (exact) mass is 490 g/mol. The van der Waals surface area contributed by atoms with E-state index in [0.29, 0.717) is 23.9 Å². The lowest BCUT2D eigenvalue weighted by Crippen LogP contribution is -2.36. The van der Waals surface area contributed by atoms with Gasteiger partial charge in [-0.3, -0.25) is 0 Å². The predicted molar refractivity (Wildman–Crippen MR) is 138 cm³/mol. The topological polar surface area (TPSA) is 23.4 Å². The lowest BCUT2D eigenvalue weighted by molar-refractivity contribution is -0.137. The summed E-state index contributed by atoms with van der Waals surface area (Å²) in [5, 5.41) is 4.64. The number of alkyl halides is 3. The highest BCUT2D eigenvalue weighted by atomic mass is 32.1. The molecule has 0 amide bonds. The van der Waals surface area contributed by atoms with E-state index >= 15 is 0 Å². The molecule has 0 unspecified atom stereocenters. The van der Waals surface area contributed by atoms with Gasteiger partial charge in [0.05, 0.1) is 5.56 Å². The largest absolute Gasteiger partial charge is 0.416 e. The van der Waals surface area contributed by atoms with Gasteiger partial charge in [0.1, 0.15) is 0 Å². The van der Waals surface area contributed by atoms with Crippen molar-refractivity contribution in [1.29, 1.82) is 0 Å². The lowest BCUT2D eigenvalue weighted by atomic mass is 10.1. The number of thiocarbonyl (C=S) groups is 1. The van der Waals surface area contributed by atoms with Crippen LogP contribution in [0.15, 0.2) is 54.7 Å². The summed E-state index contributed by atoms with van der Waals surface area (Å²) in [4.78, 5) is 4.41. The summed E-state index contributed by atoms with van der Waals surface area (Å²) in [6.07, 6.45) is -1.35. The van der Waals surface area contributed by atoms with Crippen LogP contribution in [0.25, 0.3) is 10.9 Å². The summed E-state index contributed by atoms with van der Waals surface area (Å²) in [6, 6.07) is 13.4. The Morgan fingerprint density at radius 1 is 1.00 bits per heavy atom. The number of benzene rings is 2. The zero-order chi connectivity index (χ0) is 24.7. The van der Waals surface area contributed by atoms with E-state index in [1.807, 2.05) is 12.1 Å². The zero-order valence-electron chi connectivity index (χ0n) is 20.0. The summed E-state index contributed by atoms with van der Waals surface area (Å²) in [5.74, 6) is 0. The van der Waals surface area contributed by atoms with E-state index in [9.17, 15) is 13.2 Å². The Labute approximate surface area is 205 Å². The number of para-hydroxylation sites is 1. The molecule has 0 bridgehead atoms. The summed E-state index contributed by atoms with van der Waals surface area (Å²) in [6.45, 7) is 11.4. The van der Waals surface area contributed by atoms with Crippen molar-refractivity contribution in [2.24, 2.45) is 0 Å². The maximum atomic E-state index is 13.2. The Bertz CT molecular complexity index is 1090. The number of aromatic nitrogens is 1. The van der Waals surface area contributed by atoms with E-state index in [0.717, 1.165) is 50.3 Å². The molecule has 2 aromatic carbocycles. The Morgan fingerprint density at radius 2 is 1.74 bits per heavy atom. The molecule has 0 aliphatic carbocycles. The molecule has 4 nitrogen and oxygen atoms in total. The van der Waals surface area contributed by atoms with Crippen LogP contribution in [0.1, 0.15) is 38.3 Å². The molecule has 3 aromatic rings. The molecular formula is C26H33F3N4S. The third-order valence-corrected chi connectivity index (χ3v) is 6.46. The van der Waals surface area contributed by atoms with E-state index < -0.39 is 11.7 Å². The maximum absolute atomic E-state index is 13.2. The molecule has 34 heavy (non-hydrogen) atoms. The van der Waals surface area contributed by atoms with E-state index in [-0.39, 0.29) is 0 Å².